The second kappa shape index (κ2) is 5.11. The van der Waals surface area contributed by atoms with Gasteiger partial charge in [0.05, 0.1) is 10.5 Å². The fourth-order valence-electron chi connectivity index (χ4n) is 2.73. The predicted octanol–water partition coefficient (Wildman–Crippen LogP) is 3.28. The maximum atomic E-state index is 11.2. The Morgan fingerprint density at radius 3 is 2.70 bits per heavy atom. The molecule has 1 aliphatic carbocycles. The number of nitrogens with one attached hydrogen (secondary N) is 1. The fourth-order valence-corrected chi connectivity index (χ4v) is 2.73. The summed E-state index contributed by atoms with van der Waals surface area (Å²) in [5.41, 5.74) is 0.441. The monoisotopic (exact) mass is 278 g/mol. The Hall–Kier alpha value is -2.11. The molecule has 108 valence electrons. The largest absolute Gasteiger partial charge is 0.478 e. The number of hydrogen-bond donors (Lipinski definition) is 2. The highest BCUT2D eigenvalue weighted by atomic mass is 16.6. The van der Waals surface area contributed by atoms with Crippen LogP contribution >= 0.6 is 0 Å². The smallest absolute Gasteiger partial charge is 0.338 e. The lowest BCUT2D eigenvalue weighted by Crippen LogP contribution is -2.19. The lowest BCUT2D eigenvalue weighted by atomic mass is 9.92. The molecule has 0 aromatic heterocycles. The number of benzene rings is 1. The van der Waals surface area contributed by atoms with Crippen molar-refractivity contribution in [3.05, 3.63) is 33.9 Å². The second-order valence-electron chi connectivity index (χ2n) is 6.04. The zero-order chi connectivity index (χ0) is 14.9. The van der Waals surface area contributed by atoms with E-state index < -0.39 is 10.9 Å². The molecule has 20 heavy (non-hydrogen) atoms. The molecule has 1 unspecified atom stereocenters. The number of carboxylic acid groups (broad SMARTS) is 1. The van der Waals surface area contributed by atoms with Crippen molar-refractivity contribution < 1.29 is 14.8 Å². The summed E-state index contributed by atoms with van der Waals surface area (Å²) in [6.45, 7) is 4.37. The van der Waals surface area contributed by atoms with Crippen molar-refractivity contribution in [3.8, 4) is 0 Å². The summed E-state index contributed by atoms with van der Waals surface area (Å²) in [5, 5.41) is 23.1. The third kappa shape index (κ3) is 3.07. The van der Waals surface area contributed by atoms with Crippen molar-refractivity contribution in [2.24, 2.45) is 5.41 Å². The molecule has 6 nitrogen and oxygen atoms in total. The molecule has 2 N–H and O–H groups in total. The molecule has 1 aromatic carbocycles. The molecule has 0 aliphatic heterocycles. The molecule has 2 rings (SSSR count). The van der Waals surface area contributed by atoms with Gasteiger partial charge in [0, 0.05) is 23.9 Å². The van der Waals surface area contributed by atoms with Crippen LogP contribution in [0.5, 0.6) is 0 Å². The Bertz CT molecular complexity index is 554. The number of nitrogens with zero attached hydrogens (tertiary/aromatic N) is 1. The van der Waals surface area contributed by atoms with Gasteiger partial charge in [-0.2, -0.15) is 0 Å². The summed E-state index contributed by atoms with van der Waals surface area (Å²) >= 11 is 0. The minimum atomic E-state index is -1.16. The van der Waals surface area contributed by atoms with Crippen LogP contribution in [0.3, 0.4) is 0 Å². The topological polar surface area (TPSA) is 92.5 Å². The van der Waals surface area contributed by atoms with Crippen molar-refractivity contribution in [2.75, 3.05) is 5.32 Å². The van der Waals surface area contributed by atoms with Gasteiger partial charge in [-0.15, -0.1) is 0 Å². The van der Waals surface area contributed by atoms with Gasteiger partial charge in [-0.1, -0.05) is 13.8 Å². The van der Waals surface area contributed by atoms with Gasteiger partial charge in [0.2, 0.25) is 0 Å². The van der Waals surface area contributed by atoms with Crippen LogP contribution in [-0.4, -0.2) is 22.0 Å². The van der Waals surface area contributed by atoms with E-state index in [0.29, 0.717) is 5.69 Å². The Balaban J connectivity index is 2.23. The molecule has 0 saturated heterocycles. The molecular weight excluding hydrogens is 260 g/mol. The second-order valence-corrected chi connectivity index (χ2v) is 6.04. The molecule has 0 heterocycles. The quantitative estimate of drug-likeness (QED) is 0.651. The van der Waals surface area contributed by atoms with Crippen molar-refractivity contribution >= 4 is 17.3 Å². The number of hydrogen-bond acceptors (Lipinski definition) is 4. The number of anilines is 1. The van der Waals surface area contributed by atoms with E-state index in [-0.39, 0.29) is 22.7 Å². The maximum absolute atomic E-state index is 11.2. The van der Waals surface area contributed by atoms with Crippen LogP contribution in [0.25, 0.3) is 0 Å². The first-order valence-corrected chi connectivity index (χ1v) is 6.57. The third-order valence-electron chi connectivity index (χ3n) is 3.77. The molecule has 1 aliphatic rings. The van der Waals surface area contributed by atoms with Crippen LogP contribution in [0.1, 0.15) is 43.5 Å². The molecule has 1 aromatic rings. The fraction of sp³-hybridized carbons (Fsp3) is 0.500. The minimum Gasteiger partial charge on any atom is -0.478 e. The summed E-state index contributed by atoms with van der Waals surface area (Å²) < 4.78 is 0. The first-order chi connectivity index (χ1) is 9.28. The number of nitro groups is 1. The lowest BCUT2D eigenvalue weighted by molar-refractivity contribution is -0.384. The standard InChI is InChI=1S/C14H18N2O4/c1-14(2)6-5-9(8-14)15-12-4-3-10(16(19)20)7-11(12)13(17)18/h3-4,7,9,15H,5-6,8H2,1-2H3,(H,17,18). The van der Waals surface area contributed by atoms with Gasteiger partial charge in [0.1, 0.15) is 0 Å². The number of non-ortho nitro benzene ring substituents is 1. The number of carboxylic acids is 1. The normalized spacial score (nSPS) is 20.6. The van der Waals surface area contributed by atoms with Crippen LogP contribution in [-0.2, 0) is 0 Å². The van der Waals surface area contributed by atoms with Crippen molar-refractivity contribution in [1.82, 2.24) is 0 Å². The van der Waals surface area contributed by atoms with Crippen molar-refractivity contribution in [3.63, 3.8) is 0 Å². The number of aromatic carboxylic acids is 1. The molecule has 0 spiro atoms. The highest BCUT2D eigenvalue weighted by Crippen LogP contribution is 2.38. The van der Waals surface area contributed by atoms with E-state index >= 15 is 0 Å². The lowest BCUT2D eigenvalue weighted by Gasteiger charge is -2.19. The van der Waals surface area contributed by atoms with Crippen molar-refractivity contribution in [2.45, 2.75) is 39.2 Å². The molecule has 0 amide bonds. The first kappa shape index (κ1) is 14.3. The van der Waals surface area contributed by atoms with E-state index in [4.69, 9.17) is 0 Å². The van der Waals surface area contributed by atoms with Gasteiger partial charge < -0.3 is 10.4 Å². The first-order valence-electron chi connectivity index (χ1n) is 6.57. The minimum absolute atomic E-state index is 0.0519. The van der Waals surface area contributed by atoms with Gasteiger partial charge in [0.25, 0.3) is 5.69 Å². The summed E-state index contributed by atoms with van der Waals surface area (Å²) in [7, 11) is 0. The molecule has 0 radical (unpaired) electrons. The third-order valence-corrected chi connectivity index (χ3v) is 3.77. The van der Waals surface area contributed by atoms with Gasteiger partial charge in [-0.05, 0) is 30.7 Å². The predicted molar refractivity (Wildman–Crippen MR) is 75.1 cm³/mol. The summed E-state index contributed by atoms with van der Waals surface area (Å²) in [4.78, 5) is 21.4. The molecule has 6 heteroatoms. The van der Waals surface area contributed by atoms with E-state index in [1.54, 1.807) is 0 Å². The average molecular weight is 278 g/mol. The van der Waals surface area contributed by atoms with Crippen LogP contribution in [0.15, 0.2) is 18.2 Å². The van der Waals surface area contributed by atoms with E-state index in [9.17, 15) is 20.0 Å². The maximum Gasteiger partial charge on any atom is 0.338 e. The highest BCUT2D eigenvalue weighted by Gasteiger charge is 2.31. The number of rotatable bonds is 4. The van der Waals surface area contributed by atoms with Crippen LogP contribution in [0.4, 0.5) is 11.4 Å². The SMILES string of the molecule is CC1(C)CCC(Nc2ccc([N+](=O)[O-])cc2C(=O)O)C1. The molecule has 1 atom stereocenters. The average Bonchev–Trinajstić information content (AvgIpc) is 2.68. The van der Waals surface area contributed by atoms with Gasteiger partial charge in [-0.25, -0.2) is 4.79 Å². The van der Waals surface area contributed by atoms with Crippen LogP contribution in [0, 0.1) is 15.5 Å². The molecule has 1 saturated carbocycles. The molecule has 0 bridgehead atoms. The van der Waals surface area contributed by atoms with E-state index in [1.807, 2.05) is 0 Å². The Morgan fingerprint density at radius 2 is 2.20 bits per heavy atom. The Morgan fingerprint density at radius 1 is 1.50 bits per heavy atom. The Labute approximate surface area is 117 Å². The summed E-state index contributed by atoms with van der Waals surface area (Å²) in [6.07, 6.45) is 3.02. The van der Waals surface area contributed by atoms with Gasteiger partial charge in [0.15, 0.2) is 0 Å². The van der Waals surface area contributed by atoms with Crippen LogP contribution in [0.2, 0.25) is 0 Å². The molecule has 1 fully saturated rings. The number of carbonyl (C=O) groups is 1. The van der Waals surface area contributed by atoms with E-state index in [0.717, 1.165) is 25.3 Å². The van der Waals surface area contributed by atoms with E-state index in [1.165, 1.54) is 12.1 Å². The zero-order valence-corrected chi connectivity index (χ0v) is 11.5. The van der Waals surface area contributed by atoms with E-state index in [2.05, 4.69) is 19.2 Å². The summed E-state index contributed by atoms with van der Waals surface area (Å²) in [5.74, 6) is -1.16. The zero-order valence-electron chi connectivity index (χ0n) is 11.5. The summed E-state index contributed by atoms with van der Waals surface area (Å²) in [6, 6.07) is 4.12. The van der Waals surface area contributed by atoms with Crippen molar-refractivity contribution in [1.29, 1.82) is 0 Å². The molecular formula is C14H18N2O4. The number of nitro benzene ring substituents is 1. The van der Waals surface area contributed by atoms with Gasteiger partial charge in [-0.3, -0.25) is 10.1 Å². The van der Waals surface area contributed by atoms with Crippen LogP contribution < -0.4 is 5.32 Å². The van der Waals surface area contributed by atoms with Gasteiger partial charge >= 0.3 is 5.97 Å². The highest BCUT2D eigenvalue weighted by molar-refractivity contribution is 5.95. The Kier molecular flexibility index (Phi) is 3.65.